The van der Waals surface area contributed by atoms with Crippen LogP contribution in [0.2, 0.25) is 0 Å². The van der Waals surface area contributed by atoms with Gasteiger partial charge < -0.3 is 5.32 Å². The summed E-state index contributed by atoms with van der Waals surface area (Å²) in [5, 5.41) is 2.54. The van der Waals surface area contributed by atoms with Gasteiger partial charge in [-0.3, -0.25) is 4.79 Å². The summed E-state index contributed by atoms with van der Waals surface area (Å²) in [5.74, 6) is -0.199. The fraction of sp³-hybridized carbons (Fsp3) is 0.417. The van der Waals surface area contributed by atoms with Crippen LogP contribution in [0.5, 0.6) is 0 Å². The maximum atomic E-state index is 11.8. The fourth-order valence-electron chi connectivity index (χ4n) is 1.41. The number of amides is 1. The minimum atomic E-state index is -0.510. The number of benzene rings is 1. The summed E-state index contributed by atoms with van der Waals surface area (Å²) in [5.41, 5.74) is 1.13. The van der Waals surface area contributed by atoms with E-state index in [0.717, 1.165) is 5.56 Å². The number of carbonyl (C=O) groups excluding carboxylic acids is 1. The highest BCUT2D eigenvalue weighted by atomic mass is 19.1. The van der Waals surface area contributed by atoms with Crippen molar-refractivity contribution in [2.75, 3.05) is 13.2 Å². The van der Waals surface area contributed by atoms with Crippen molar-refractivity contribution in [3.63, 3.8) is 0 Å². The van der Waals surface area contributed by atoms with Crippen LogP contribution in [0.25, 0.3) is 0 Å². The third-order valence-corrected chi connectivity index (χ3v) is 2.23. The SMILES string of the molecule is C[C@H](Cc1ccccc1)C(=O)NCCF. The van der Waals surface area contributed by atoms with Crippen LogP contribution < -0.4 is 5.32 Å². The smallest absolute Gasteiger partial charge is 0.223 e. The van der Waals surface area contributed by atoms with Crippen molar-refractivity contribution in [1.29, 1.82) is 0 Å². The summed E-state index contributed by atoms with van der Waals surface area (Å²) < 4.78 is 11.8. The van der Waals surface area contributed by atoms with Crippen molar-refractivity contribution in [3.8, 4) is 0 Å². The first-order valence-electron chi connectivity index (χ1n) is 5.11. The highest BCUT2D eigenvalue weighted by Crippen LogP contribution is 2.07. The molecule has 0 heterocycles. The Labute approximate surface area is 89.5 Å². The molecule has 1 rings (SSSR count). The highest BCUT2D eigenvalue weighted by molar-refractivity contribution is 5.78. The van der Waals surface area contributed by atoms with E-state index in [4.69, 9.17) is 0 Å². The van der Waals surface area contributed by atoms with Gasteiger partial charge in [-0.15, -0.1) is 0 Å². The van der Waals surface area contributed by atoms with Crippen molar-refractivity contribution in [1.82, 2.24) is 5.32 Å². The second-order valence-electron chi connectivity index (χ2n) is 3.57. The number of hydrogen-bond donors (Lipinski definition) is 1. The van der Waals surface area contributed by atoms with Gasteiger partial charge in [-0.05, 0) is 12.0 Å². The molecule has 1 N–H and O–H groups in total. The van der Waals surface area contributed by atoms with Gasteiger partial charge in [0.2, 0.25) is 5.91 Å². The molecule has 0 fully saturated rings. The molecule has 2 nitrogen and oxygen atoms in total. The molecule has 0 aliphatic rings. The highest BCUT2D eigenvalue weighted by Gasteiger charge is 2.12. The maximum absolute atomic E-state index is 11.8. The van der Waals surface area contributed by atoms with Crippen molar-refractivity contribution < 1.29 is 9.18 Å². The van der Waals surface area contributed by atoms with Gasteiger partial charge in [0.1, 0.15) is 6.67 Å². The summed E-state index contributed by atoms with van der Waals surface area (Å²) >= 11 is 0. The summed E-state index contributed by atoms with van der Waals surface area (Å²) in [6.07, 6.45) is 0.693. The Kier molecular flexibility index (Phi) is 4.81. The van der Waals surface area contributed by atoms with Gasteiger partial charge in [0, 0.05) is 12.5 Å². The Balaban J connectivity index is 2.41. The van der Waals surface area contributed by atoms with Crippen LogP contribution in [-0.2, 0) is 11.2 Å². The number of hydrogen-bond acceptors (Lipinski definition) is 1. The molecule has 1 amide bonds. The van der Waals surface area contributed by atoms with Crippen LogP contribution in [0.1, 0.15) is 12.5 Å². The van der Waals surface area contributed by atoms with E-state index in [1.165, 1.54) is 0 Å². The molecule has 1 atom stereocenters. The van der Waals surface area contributed by atoms with Crippen molar-refractivity contribution in [2.24, 2.45) is 5.92 Å². The minimum Gasteiger partial charge on any atom is -0.353 e. The fourth-order valence-corrected chi connectivity index (χ4v) is 1.41. The number of carbonyl (C=O) groups is 1. The molecule has 0 aliphatic heterocycles. The van der Waals surface area contributed by atoms with Crippen molar-refractivity contribution in [3.05, 3.63) is 35.9 Å². The molecular weight excluding hydrogens is 193 g/mol. The van der Waals surface area contributed by atoms with E-state index in [1.54, 1.807) is 0 Å². The molecule has 0 spiro atoms. The molecular formula is C12H16FNO. The lowest BCUT2D eigenvalue weighted by atomic mass is 10.0. The summed E-state index contributed by atoms with van der Waals surface area (Å²) in [4.78, 5) is 11.4. The van der Waals surface area contributed by atoms with E-state index in [-0.39, 0.29) is 18.4 Å². The maximum Gasteiger partial charge on any atom is 0.223 e. The van der Waals surface area contributed by atoms with Gasteiger partial charge in [-0.25, -0.2) is 4.39 Å². The molecule has 0 aliphatic carbocycles. The molecule has 0 aromatic heterocycles. The van der Waals surface area contributed by atoms with E-state index in [1.807, 2.05) is 37.3 Å². The van der Waals surface area contributed by atoms with E-state index in [9.17, 15) is 9.18 Å². The molecule has 3 heteroatoms. The van der Waals surface area contributed by atoms with Gasteiger partial charge >= 0.3 is 0 Å². The van der Waals surface area contributed by atoms with Crippen LogP contribution in [0.15, 0.2) is 30.3 Å². The lowest BCUT2D eigenvalue weighted by molar-refractivity contribution is -0.124. The lowest BCUT2D eigenvalue weighted by Gasteiger charge is -2.10. The Morgan fingerprint density at radius 2 is 2.07 bits per heavy atom. The molecule has 0 saturated carbocycles. The first kappa shape index (κ1) is 11.7. The molecule has 82 valence electrons. The second-order valence-corrected chi connectivity index (χ2v) is 3.57. The van der Waals surface area contributed by atoms with Gasteiger partial charge in [0.15, 0.2) is 0 Å². The third-order valence-electron chi connectivity index (χ3n) is 2.23. The predicted molar refractivity (Wildman–Crippen MR) is 58.3 cm³/mol. The summed E-state index contributed by atoms with van der Waals surface area (Å²) in [7, 11) is 0. The van der Waals surface area contributed by atoms with E-state index in [2.05, 4.69) is 5.32 Å². The zero-order valence-electron chi connectivity index (χ0n) is 8.87. The topological polar surface area (TPSA) is 29.1 Å². The van der Waals surface area contributed by atoms with E-state index >= 15 is 0 Å². The Bertz CT molecular complexity index is 300. The van der Waals surface area contributed by atoms with E-state index in [0.29, 0.717) is 6.42 Å². The third kappa shape index (κ3) is 4.11. The Hall–Kier alpha value is -1.38. The van der Waals surface area contributed by atoms with Crippen LogP contribution in [0.3, 0.4) is 0 Å². The largest absolute Gasteiger partial charge is 0.353 e. The normalized spacial score (nSPS) is 12.1. The molecule has 0 saturated heterocycles. The number of nitrogens with one attached hydrogen (secondary N) is 1. The molecule has 0 radical (unpaired) electrons. The number of halogens is 1. The van der Waals surface area contributed by atoms with Crippen LogP contribution in [0.4, 0.5) is 4.39 Å². The first-order valence-corrected chi connectivity index (χ1v) is 5.11. The average molecular weight is 209 g/mol. The molecule has 1 aromatic rings. The van der Waals surface area contributed by atoms with E-state index < -0.39 is 6.67 Å². The number of alkyl halides is 1. The van der Waals surface area contributed by atoms with Crippen molar-refractivity contribution >= 4 is 5.91 Å². The first-order chi connectivity index (χ1) is 7.24. The van der Waals surface area contributed by atoms with Gasteiger partial charge in [0.05, 0.1) is 0 Å². The Morgan fingerprint density at radius 1 is 1.40 bits per heavy atom. The molecule has 1 aromatic carbocycles. The predicted octanol–water partition coefficient (Wildman–Crippen LogP) is 1.95. The Morgan fingerprint density at radius 3 is 2.67 bits per heavy atom. The van der Waals surface area contributed by atoms with Crippen LogP contribution in [0, 0.1) is 5.92 Å². The monoisotopic (exact) mass is 209 g/mol. The zero-order valence-corrected chi connectivity index (χ0v) is 8.87. The lowest BCUT2D eigenvalue weighted by Crippen LogP contribution is -2.31. The summed E-state index contributed by atoms with van der Waals surface area (Å²) in [6.45, 7) is 1.45. The number of rotatable bonds is 5. The quantitative estimate of drug-likeness (QED) is 0.789. The average Bonchev–Trinajstić information content (AvgIpc) is 2.27. The van der Waals surface area contributed by atoms with Gasteiger partial charge in [-0.1, -0.05) is 37.3 Å². The molecule has 0 bridgehead atoms. The molecule has 15 heavy (non-hydrogen) atoms. The van der Waals surface area contributed by atoms with Crippen LogP contribution in [-0.4, -0.2) is 19.1 Å². The zero-order chi connectivity index (χ0) is 11.1. The van der Waals surface area contributed by atoms with Crippen molar-refractivity contribution in [2.45, 2.75) is 13.3 Å². The van der Waals surface area contributed by atoms with Crippen LogP contribution >= 0.6 is 0 Å². The summed E-state index contributed by atoms with van der Waals surface area (Å²) in [6, 6.07) is 9.80. The van der Waals surface area contributed by atoms with Gasteiger partial charge in [-0.2, -0.15) is 0 Å². The minimum absolute atomic E-state index is 0.0866. The molecule has 0 unspecified atom stereocenters. The second kappa shape index (κ2) is 6.17. The standard InChI is InChI=1S/C12H16FNO/c1-10(12(15)14-8-7-13)9-11-5-3-2-4-6-11/h2-6,10H,7-9H2,1H3,(H,14,15)/t10-/m1/s1. The van der Waals surface area contributed by atoms with Gasteiger partial charge in [0.25, 0.3) is 0 Å².